The minimum Gasteiger partial charge on any atom is -0.481 e. The highest BCUT2D eigenvalue weighted by Crippen LogP contribution is 2.15. The Morgan fingerprint density at radius 1 is 0.704 bits per heavy atom. The zero-order valence-corrected chi connectivity index (χ0v) is 14.2. The molecular formula is C14H22O13. The van der Waals surface area contributed by atoms with Gasteiger partial charge in [0.25, 0.3) is 0 Å². The van der Waals surface area contributed by atoms with Crippen molar-refractivity contribution in [2.45, 2.75) is 31.3 Å². The SMILES string of the molecule is O=C(CCC(=O)OCCO)OCCO.O=C(O)CC(O)(CC(=O)O)C(=O)O. The van der Waals surface area contributed by atoms with Crippen LogP contribution in [0.15, 0.2) is 0 Å². The second-order valence-electron chi connectivity index (χ2n) is 4.87. The maximum Gasteiger partial charge on any atom is 0.336 e. The van der Waals surface area contributed by atoms with Crippen molar-refractivity contribution in [2.24, 2.45) is 0 Å². The molecule has 156 valence electrons. The summed E-state index contributed by atoms with van der Waals surface area (Å²) in [6.45, 7) is -0.601. The molecule has 0 aromatic rings. The van der Waals surface area contributed by atoms with Gasteiger partial charge in [-0.25, -0.2) is 4.79 Å². The Balaban J connectivity index is 0. The van der Waals surface area contributed by atoms with Gasteiger partial charge in [0, 0.05) is 0 Å². The summed E-state index contributed by atoms with van der Waals surface area (Å²) in [7, 11) is 0. The molecular weight excluding hydrogens is 376 g/mol. The first kappa shape index (κ1) is 26.5. The molecule has 0 bridgehead atoms. The van der Waals surface area contributed by atoms with Gasteiger partial charge < -0.3 is 40.1 Å². The number of aliphatic hydroxyl groups excluding tert-OH is 2. The second-order valence-corrected chi connectivity index (χ2v) is 4.87. The van der Waals surface area contributed by atoms with Crippen molar-refractivity contribution in [3.63, 3.8) is 0 Å². The minimum atomic E-state index is -2.74. The van der Waals surface area contributed by atoms with Crippen molar-refractivity contribution in [2.75, 3.05) is 26.4 Å². The van der Waals surface area contributed by atoms with E-state index in [4.69, 9.17) is 30.6 Å². The molecule has 0 aromatic carbocycles. The highest BCUT2D eigenvalue weighted by Gasteiger charge is 2.40. The first-order valence-electron chi connectivity index (χ1n) is 7.40. The van der Waals surface area contributed by atoms with Crippen LogP contribution in [0, 0.1) is 0 Å². The third-order valence-corrected chi connectivity index (χ3v) is 2.53. The van der Waals surface area contributed by atoms with Gasteiger partial charge in [-0.3, -0.25) is 19.2 Å². The van der Waals surface area contributed by atoms with Crippen molar-refractivity contribution in [3.8, 4) is 0 Å². The summed E-state index contributed by atoms with van der Waals surface area (Å²) in [5, 5.41) is 50.4. The fraction of sp³-hybridized carbons (Fsp3) is 0.643. The summed E-state index contributed by atoms with van der Waals surface area (Å²) in [6, 6.07) is 0. The first-order valence-corrected chi connectivity index (χ1v) is 7.40. The van der Waals surface area contributed by atoms with E-state index in [0.29, 0.717) is 0 Å². The predicted molar refractivity (Wildman–Crippen MR) is 82.4 cm³/mol. The van der Waals surface area contributed by atoms with Gasteiger partial charge in [0.1, 0.15) is 13.2 Å². The van der Waals surface area contributed by atoms with Gasteiger partial charge in [-0.1, -0.05) is 0 Å². The Morgan fingerprint density at radius 3 is 1.26 bits per heavy atom. The fourth-order valence-corrected chi connectivity index (χ4v) is 1.38. The van der Waals surface area contributed by atoms with Crippen LogP contribution < -0.4 is 0 Å². The average molecular weight is 398 g/mol. The van der Waals surface area contributed by atoms with E-state index in [1.54, 1.807) is 0 Å². The Kier molecular flexibility index (Phi) is 14.1. The monoisotopic (exact) mass is 398 g/mol. The number of hydrogen-bond donors (Lipinski definition) is 6. The lowest BCUT2D eigenvalue weighted by Crippen LogP contribution is -2.42. The van der Waals surface area contributed by atoms with Crippen LogP contribution in [0.25, 0.3) is 0 Å². The average Bonchev–Trinajstić information content (AvgIpc) is 2.55. The topological polar surface area (TPSA) is 225 Å². The fourth-order valence-electron chi connectivity index (χ4n) is 1.38. The number of carboxylic acid groups (broad SMARTS) is 3. The normalized spacial score (nSPS) is 10.2. The van der Waals surface area contributed by atoms with E-state index in [0.717, 1.165) is 0 Å². The summed E-state index contributed by atoms with van der Waals surface area (Å²) in [4.78, 5) is 52.1. The summed E-state index contributed by atoms with van der Waals surface area (Å²) in [5.41, 5.74) is -2.74. The number of aliphatic hydroxyl groups is 3. The number of carbonyl (C=O) groups is 5. The lowest BCUT2D eigenvalue weighted by atomic mass is 9.96. The molecule has 0 aliphatic heterocycles. The molecule has 27 heavy (non-hydrogen) atoms. The lowest BCUT2D eigenvalue weighted by molar-refractivity contribution is -0.170. The number of carboxylic acids is 3. The van der Waals surface area contributed by atoms with Crippen LogP contribution in [0.5, 0.6) is 0 Å². The molecule has 13 nitrogen and oxygen atoms in total. The molecule has 6 N–H and O–H groups in total. The smallest absolute Gasteiger partial charge is 0.336 e. The number of hydrogen-bond acceptors (Lipinski definition) is 10. The summed E-state index contributed by atoms with van der Waals surface area (Å²) < 4.78 is 9.00. The van der Waals surface area contributed by atoms with Crippen LogP contribution in [0.4, 0.5) is 0 Å². The lowest BCUT2D eigenvalue weighted by Gasteiger charge is -2.18. The van der Waals surface area contributed by atoms with E-state index in [-0.39, 0.29) is 39.3 Å². The van der Waals surface area contributed by atoms with E-state index >= 15 is 0 Å². The molecule has 0 heterocycles. The van der Waals surface area contributed by atoms with Crippen molar-refractivity contribution in [1.29, 1.82) is 0 Å². The third kappa shape index (κ3) is 15.2. The molecule has 0 aliphatic carbocycles. The van der Waals surface area contributed by atoms with Gasteiger partial charge in [-0.15, -0.1) is 0 Å². The number of carbonyl (C=O) groups excluding carboxylic acids is 2. The van der Waals surface area contributed by atoms with Gasteiger partial charge in [-0.2, -0.15) is 0 Å². The Morgan fingerprint density at radius 2 is 1.04 bits per heavy atom. The van der Waals surface area contributed by atoms with Gasteiger partial charge >= 0.3 is 29.8 Å². The van der Waals surface area contributed by atoms with Gasteiger partial charge in [-0.05, 0) is 0 Å². The highest BCUT2D eigenvalue weighted by molar-refractivity contribution is 5.88. The van der Waals surface area contributed by atoms with Crippen molar-refractivity contribution >= 4 is 29.8 Å². The number of esters is 2. The van der Waals surface area contributed by atoms with E-state index < -0.39 is 48.3 Å². The third-order valence-electron chi connectivity index (χ3n) is 2.53. The predicted octanol–water partition coefficient (Wildman–Crippen LogP) is -2.41. The Labute approximate surface area is 152 Å². The van der Waals surface area contributed by atoms with Crippen LogP contribution in [0.1, 0.15) is 25.7 Å². The van der Waals surface area contributed by atoms with Gasteiger partial charge in [0.15, 0.2) is 5.60 Å². The molecule has 13 heteroatoms. The van der Waals surface area contributed by atoms with Crippen LogP contribution in [0.2, 0.25) is 0 Å². The highest BCUT2D eigenvalue weighted by atomic mass is 16.5. The van der Waals surface area contributed by atoms with Crippen molar-refractivity contribution in [1.82, 2.24) is 0 Å². The summed E-state index contributed by atoms with van der Waals surface area (Å²) >= 11 is 0. The van der Waals surface area contributed by atoms with E-state index in [9.17, 15) is 24.0 Å². The van der Waals surface area contributed by atoms with Crippen LogP contribution in [-0.4, -0.2) is 92.5 Å². The van der Waals surface area contributed by atoms with Crippen LogP contribution in [0.3, 0.4) is 0 Å². The van der Waals surface area contributed by atoms with E-state index in [1.807, 2.05) is 0 Å². The second kappa shape index (κ2) is 14.4. The zero-order valence-electron chi connectivity index (χ0n) is 14.2. The number of rotatable bonds is 12. The van der Waals surface area contributed by atoms with Crippen molar-refractivity contribution in [3.05, 3.63) is 0 Å². The molecule has 0 rings (SSSR count). The first-order chi connectivity index (χ1) is 12.5. The molecule has 0 aromatic heterocycles. The quantitative estimate of drug-likeness (QED) is 0.188. The molecule has 0 amide bonds. The molecule has 0 aliphatic rings. The van der Waals surface area contributed by atoms with Gasteiger partial charge in [0.05, 0.1) is 38.9 Å². The number of aliphatic carboxylic acids is 3. The van der Waals surface area contributed by atoms with Crippen molar-refractivity contribution < 1.29 is 64.1 Å². The Hall–Kier alpha value is -2.77. The van der Waals surface area contributed by atoms with Gasteiger partial charge in [0.2, 0.25) is 0 Å². The standard InChI is InChI=1S/C8H14O6.C6H8O7/c9-3-5-13-7(11)1-2-8(12)14-6-4-10;7-3(8)1-6(13,5(11)12)2-4(9)10/h9-10H,1-6H2;13H,1-2H2,(H,7,8)(H,9,10)(H,11,12). The molecule has 0 unspecified atom stereocenters. The maximum atomic E-state index is 10.8. The molecule has 0 radical (unpaired) electrons. The maximum absolute atomic E-state index is 10.8. The summed E-state index contributed by atoms with van der Waals surface area (Å²) in [6.07, 6.45) is -2.45. The van der Waals surface area contributed by atoms with E-state index in [1.165, 1.54) is 0 Å². The molecule has 0 saturated carbocycles. The van der Waals surface area contributed by atoms with Crippen LogP contribution >= 0.6 is 0 Å². The molecule has 0 spiro atoms. The van der Waals surface area contributed by atoms with E-state index in [2.05, 4.69) is 9.47 Å². The molecule has 0 fully saturated rings. The zero-order chi connectivity index (χ0) is 21.5. The molecule has 0 saturated heterocycles. The van der Waals surface area contributed by atoms with Crippen LogP contribution in [-0.2, 0) is 33.4 Å². The summed E-state index contributed by atoms with van der Waals surface area (Å²) in [5.74, 6) is -6.13. The number of ether oxygens (including phenoxy) is 2. The minimum absolute atomic E-state index is 0.0650. The Bertz CT molecular complexity index is 477. The largest absolute Gasteiger partial charge is 0.481 e. The molecule has 0 atom stereocenters.